The van der Waals surface area contributed by atoms with Crippen LogP contribution in [0.4, 0.5) is 4.79 Å². The maximum absolute atomic E-state index is 13.1. The van der Waals surface area contributed by atoms with Crippen LogP contribution in [0.15, 0.2) is 42.5 Å². The number of nitrogens with zero attached hydrogens (tertiary/aromatic N) is 1. The van der Waals surface area contributed by atoms with E-state index in [0.29, 0.717) is 31.3 Å². The lowest BCUT2D eigenvalue weighted by molar-refractivity contribution is 0.143. The summed E-state index contributed by atoms with van der Waals surface area (Å²) in [6, 6.07) is 13.5. The molecule has 31 heavy (non-hydrogen) atoms. The topological polar surface area (TPSA) is 66.6 Å². The van der Waals surface area contributed by atoms with E-state index < -0.39 is 0 Å². The van der Waals surface area contributed by atoms with E-state index in [2.05, 4.69) is 10.3 Å². The van der Waals surface area contributed by atoms with Gasteiger partial charge < -0.3 is 24.7 Å². The van der Waals surface area contributed by atoms with Gasteiger partial charge in [0.05, 0.1) is 13.2 Å². The lowest BCUT2D eigenvalue weighted by Gasteiger charge is -2.36. The van der Waals surface area contributed by atoms with E-state index >= 15 is 0 Å². The van der Waals surface area contributed by atoms with Crippen molar-refractivity contribution in [3.63, 3.8) is 0 Å². The molecule has 2 heterocycles. The molecular formula is C24H28ClN3O3. The Balaban J connectivity index is 1.66. The zero-order chi connectivity index (χ0) is 21.8. The first-order chi connectivity index (χ1) is 15.1. The van der Waals surface area contributed by atoms with E-state index in [4.69, 9.17) is 21.1 Å². The fourth-order valence-electron chi connectivity index (χ4n) is 4.23. The number of rotatable bonds is 7. The summed E-state index contributed by atoms with van der Waals surface area (Å²) in [6.07, 6.45) is 1.56. The first-order valence-electron chi connectivity index (χ1n) is 10.7. The molecule has 1 aliphatic rings. The summed E-state index contributed by atoms with van der Waals surface area (Å²) < 4.78 is 10.7. The van der Waals surface area contributed by atoms with Crippen LogP contribution in [0, 0.1) is 0 Å². The van der Waals surface area contributed by atoms with Gasteiger partial charge in [-0.3, -0.25) is 0 Å². The van der Waals surface area contributed by atoms with Crippen molar-refractivity contribution < 1.29 is 14.3 Å². The summed E-state index contributed by atoms with van der Waals surface area (Å²) >= 11 is 6.26. The van der Waals surface area contributed by atoms with Gasteiger partial charge in [-0.1, -0.05) is 23.7 Å². The molecule has 0 radical (unpaired) electrons. The number of aromatic nitrogens is 1. The van der Waals surface area contributed by atoms with Crippen molar-refractivity contribution in [2.45, 2.75) is 25.8 Å². The number of ether oxygens (including phenoxy) is 2. The Morgan fingerprint density at radius 2 is 2.06 bits per heavy atom. The van der Waals surface area contributed by atoms with Crippen molar-refractivity contribution in [3.05, 3.63) is 64.3 Å². The number of hydrogen-bond donors (Lipinski definition) is 2. The lowest BCUT2D eigenvalue weighted by atomic mass is 9.92. The molecule has 7 heteroatoms. The summed E-state index contributed by atoms with van der Waals surface area (Å²) in [6.45, 7) is 4.51. The van der Waals surface area contributed by atoms with Gasteiger partial charge in [0.15, 0.2) is 0 Å². The van der Waals surface area contributed by atoms with Crippen LogP contribution in [0.1, 0.15) is 36.2 Å². The van der Waals surface area contributed by atoms with E-state index in [0.717, 1.165) is 40.8 Å². The normalized spacial score (nSPS) is 15.7. The molecule has 0 aliphatic carbocycles. The molecule has 0 saturated carbocycles. The summed E-state index contributed by atoms with van der Waals surface area (Å²) in [5.41, 5.74) is 4.33. The molecule has 0 fully saturated rings. The van der Waals surface area contributed by atoms with Gasteiger partial charge in [-0.15, -0.1) is 0 Å². The average molecular weight is 442 g/mol. The van der Waals surface area contributed by atoms with Crippen LogP contribution >= 0.6 is 11.6 Å². The molecular weight excluding hydrogens is 414 g/mol. The molecule has 0 saturated heterocycles. The van der Waals surface area contributed by atoms with Crippen LogP contribution in [-0.4, -0.2) is 49.3 Å². The second-order valence-electron chi connectivity index (χ2n) is 7.61. The number of H-pyrrole nitrogens is 1. The number of benzene rings is 2. The summed E-state index contributed by atoms with van der Waals surface area (Å²) in [5, 5.41) is 4.89. The number of aromatic amines is 1. The molecule has 1 atom stereocenters. The van der Waals surface area contributed by atoms with Gasteiger partial charge in [-0.05, 0) is 61.2 Å². The van der Waals surface area contributed by atoms with E-state index in [1.165, 1.54) is 5.56 Å². The van der Waals surface area contributed by atoms with Crippen molar-refractivity contribution in [2.75, 3.05) is 33.4 Å². The third-order valence-electron chi connectivity index (χ3n) is 5.73. The molecule has 1 aliphatic heterocycles. The predicted octanol–water partition coefficient (Wildman–Crippen LogP) is 4.91. The van der Waals surface area contributed by atoms with Crippen molar-refractivity contribution >= 4 is 28.5 Å². The van der Waals surface area contributed by atoms with Gasteiger partial charge >= 0.3 is 6.03 Å². The molecule has 2 aromatic carbocycles. The van der Waals surface area contributed by atoms with E-state index in [1.54, 1.807) is 7.11 Å². The minimum absolute atomic E-state index is 0.0698. The van der Waals surface area contributed by atoms with Crippen molar-refractivity contribution in [1.82, 2.24) is 15.2 Å². The predicted molar refractivity (Wildman–Crippen MR) is 123 cm³/mol. The van der Waals surface area contributed by atoms with Crippen molar-refractivity contribution in [1.29, 1.82) is 0 Å². The van der Waals surface area contributed by atoms with Crippen LogP contribution < -0.4 is 10.1 Å². The summed E-state index contributed by atoms with van der Waals surface area (Å²) in [4.78, 5) is 18.6. The number of carbonyl (C=O) groups is 1. The minimum atomic E-state index is -0.215. The van der Waals surface area contributed by atoms with E-state index in [-0.39, 0.29) is 12.1 Å². The average Bonchev–Trinajstić information content (AvgIpc) is 3.16. The van der Waals surface area contributed by atoms with Crippen molar-refractivity contribution in [3.8, 4) is 5.75 Å². The van der Waals surface area contributed by atoms with Crippen molar-refractivity contribution in [2.24, 2.45) is 0 Å². The highest BCUT2D eigenvalue weighted by molar-refractivity contribution is 6.31. The van der Waals surface area contributed by atoms with Gasteiger partial charge in [0, 0.05) is 47.9 Å². The third-order valence-corrected chi connectivity index (χ3v) is 5.96. The van der Waals surface area contributed by atoms with Gasteiger partial charge in [0.25, 0.3) is 0 Å². The fourth-order valence-corrected chi connectivity index (χ4v) is 4.40. The van der Waals surface area contributed by atoms with Gasteiger partial charge in [-0.2, -0.15) is 0 Å². The molecule has 0 spiro atoms. The molecule has 1 aromatic heterocycles. The highest BCUT2D eigenvalue weighted by atomic mass is 35.5. The summed E-state index contributed by atoms with van der Waals surface area (Å²) in [5.74, 6) is 0.787. The quantitative estimate of drug-likeness (QED) is 0.512. The Labute approximate surface area is 187 Å². The van der Waals surface area contributed by atoms with Crippen LogP contribution in [0.5, 0.6) is 5.75 Å². The molecule has 0 bridgehead atoms. The van der Waals surface area contributed by atoms with Gasteiger partial charge in [0.2, 0.25) is 0 Å². The standard InChI is InChI=1S/C24H28ClN3O3/c1-3-31-14-4-12-26-24(29)28-13-11-19-20-15-17(25)7-10-21(20)27-22(19)23(28)16-5-8-18(30-2)9-6-16/h5-10,15,23,27H,3-4,11-14H2,1-2H3,(H,26,29)/t23-/m0/s1. The van der Waals surface area contributed by atoms with Crippen LogP contribution in [0.2, 0.25) is 5.02 Å². The number of halogens is 1. The molecule has 4 rings (SSSR count). The Bertz CT molecular complexity index is 1050. The highest BCUT2D eigenvalue weighted by Gasteiger charge is 2.34. The Morgan fingerprint density at radius 3 is 2.81 bits per heavy atom. The molecule has 2 amide bonds. The molecule has 3 aromatic rings. The van der Waals surface area contributed by atoms with E-state index in [1.807, 2.05) is 54.3 Å². The largest absolute Gasteiger partial charge is 0.497 e. The van der Waals surface area contributed by atoms with Crippen LogP contribution in [0.3, 0.4) is 0 Å². The zero-order valence-electron chi connectivity index (χ0n) is 17.9. The number of methoxy groups -OCH3 is 1. The molecule has 0 unspecified atom stereocenters. The Hall–Kier alpha value is -2.70. The SMILES string of the molecule is CCOCCCNC(=O)N1CCc2c([nH]c3ccc(Cl)cc23)[C@@H]1c1ccc(OC)cc1. The number of nitrogens with one attached hydrogen (secondary N) is 2. The van der Waals surface area contributed by atoms with E-state index in [9.17, 15) is 4.79 Å². The van der Waals surface area contributed by atoms with Gasteiger partial charge in [-0.25, -0.2) is 4.79 Å². The molecule has 2 N–H and O–H groups in total. The monoisotopic (exact) mass is 441 g/mol. The smallest absolute Gasteiger partial charge is 0.318 e. The number of fused-ring (bicyclic) bond motifs is 3. The van der Waals surface area contributed by atoms with Gasteiger partial charge in [0.1, 0.15) is 5.75 Å². The fraction of sp³-hybridized carbons (Fsp3) is 0.375. The number of amides is 2. The number of urea groups is 1. The second-order valence-corrected chi connectivity index (χ2v) is 8.05. The highest BCUT2D eigenvalue weighted by Crippen LogP contribution is 2.39. The first kappa shape index (κ1) is 21.5. The number of carbonyl (C=O) groups excluding carboxylic acids is 1. The third kappa shape index (κ3) is 4.50. The maximum atomic E-state index is 13.1. The first-order valence-corrected chi connectivity index (χ1v) is 11.1. The minimum Gasteiger partial charge on any atom is -0.497 e. The Kier molecular flexibility index (Phi) is 6.68. The molecule has 6 nitrogen and oxygen atoms in total. The number of hydrogen-bond acceptors (Lipinski definition) is 3. The zero-order valence-corrected chi connectivity index (χ0v) is 18.7. The second kappa shape index (κ2) is 9.62. The van der Waals surface area contributed by atoms with Crippen LogP contribution in [-0.2, 0) is 11.2 Å². The lowest BCUT2D eigenvalue weighted by Crippen LogP contribution is -2.46. The molecule has 164 valence electrons. The Morgan fingerprint density at radius 1 is 1.26 bits per heavy atom. The van der Waals surface area contributed by atoms with Crippen LogP contribution in [0.25, 0.3) is 10.9 Å². The summed E-state index contributed by atoms with van der Waals surface area (Å²) in [7, 11) is 1.65. The maximum Gasteiger partial charge on any atom is 0.318 e.